The van der Waals surface area contributed by atoms with Crippen molar-refractivity contribution in [3.8, 4) is 0 Å². The SMILES string of the molecule is O=CC(O)C(O)[C@H](O[C@@H]1OC(C=O)[C@H](O)C(O)C1O)[C@@H](O)CO. The highest BCUT2D eigenvalue weighted by Crippen LogP contribution is 2.24. The fourth-order valence-corrected chi connectivity index (χ4v) is 2.03. The Balaban J connectivity index is 2.93. The zero-order valence-corrected chi connectivity index (χ0v) is 11.8. The Morgan fingerprint density at radius 2 is 1.65 bits per heavy atom. The molecule has 11 nitrogen and oxygen atoms in total. The first kappa shape index (κ1) is 20.0. The molecule has 0 aromatic heterocycles. The summed E-state index contributed by atoms with van der Waals surface area (Å²) in [5, 5.41) is 66.5. The number of rotatable bonds is 8. The first-order valence-electron chi connectivity index (χ1n) is 6.69. The summed E-state index contributed by atoms with van der Waals surface area (Å²) in [6, 6.07) is 0. The van der Waals surface area contributed by atoms with E-state index in [1.807, 2.05) is 0 Å². The summed E-state index contributed by atoms with van der Waals surface area (Å²) in [6.45, 7) is -0.932. The highest BCUT2D eigenvalue weighted by atomic mass is 16.7. The maximum Gasteiger partial charge on any atom is 0.187 e. The second-order valence-electron chi connectivity index (χ2n) is 5.04. The number of hydrogen-bond donors (Lipinski definition) is 7. The molecule has 7 N–H and O–H groups in total. The second-order valence-corrected chi connectivity index (χ2v) is 5.04. The van der Waals surface area contributed by atoms with Gasteiger partial charge >= 0.3 is 0 Å². The molecule has 0 aromatic rings. The molecule has 0 spiro atoms. The first-order chi connectivity index (χ1) is 10.8. The molecule has 1 fully saturated rings. The number of aliphatic hydroxyl groups excluding tert-OH is 7. The minimum Gasteiger partial charge on any atom is -0.394 e. The molecule has 9 atom stereocenters. The quantitative estimate of drug-likeness (QED) is 0.208. The van der Waals surface area contributed by atoms with Crippen molar-refractivity contribution in [2.24, 2.45) is 0 Å². The Bertz CT molecular complexity index is 391. The van der Waals surface area contributed by atoms with E-state index in [9.17, 15) is 40.2 Å². The van der Waals surface area contributed by atoms with E-state index in [0.29, 0.717) is 0 Å². The summed E-state index contributed by atoms with van der Waals surface area (Å²) in [4.78, 5) is 21.3. The normalized spacial score (nSPS) is 36.7. The molecule has 0 saturated carbocycles. The Kier molecular flexibility index (Phi) is 7.60. The van der Waals surface area contributed by atoms with Crippen LogP contribution in [0.3, 0.4) is 0 Å². The van der Waals surface area contributed by atoms with Gasteiger partial charge in [-0.2, -0.15) is 0 Å². The highest BCUT2D eigenvalue weighted by Gasteiger charge is 2.46. The predicted octanol–water partition coefficient (Wildman–Crippen LogP) is -5.35. The average molecular weight is 340 g/mol. The van der Waals surface area contributed by atoms with Crippen LogP contribution >= 0.6 is 0 Å². The molecular weight excluding hydrogens is 320 g/mol. The topological polar surface area (TPSA) is 194 Å². The molecule has 0 aromatic carbocycles. The van der Waals surface area contributed by atoms with Crippen molar-refractivity contribution in [1.29, 1.82) is 0 Å². The van der Waals surface area contributed by atoms with Crippen molar-refractivity contribution in [3.63, 3.8) is 0 Å². The fraction of sp³-hybridized carbons (Fsp3) is 0.833. The second kappa shape index (κ2) is 8.73. The Morgan fingerprint density at radius 1 is 1.04 bits per heavy atom. The van der Waals surface area contributed by atoms with Crippen LogP contribution in [0.1, 0.15) is 0 Å². The van der Waals surface area contributed by atoms with Gasteiger partial charge in [0.2, 0.25) is 0 Å². The lowest BCUT2D eigenvalue weighted by atomic mass is 9.99. The lowest BCUT2D eigenvalue weighted by Crippen LogP contribution is -2.61. The number of carbonyl (C=O) groups excluding carboxylic acids is 2. The van der Waals surface area contributed by atoms with Gasteiger partial charge in [0.25, 0.3) is 0 Å². The zero-order chi connectivity index (χ0) is 17.7. The lowest BCUT2D eigenvalue weighted by molar-refractivity contribution is -0.315. The molecular formula is C12H20O11. The van der Waals surface area contributed by atoms with Crippen LogP contribution in [0.15, 0.2) is 0 Å². The molecule has 1 aliphatic heterocycles. The van der Waals surface area contributed by atoms with Crippen molar-refractivity contribution >= 4 is 12.6 Å². The van der Waals surface area contributed by atoms with Gasteiger partial charge in [-0.3, -0.25) is 0 Å². The molecule has 5 unspecified atom stereocenters. The number of aliphatic hydroxyl groups is 7. The van der Waals surface area contributed by atoms with E-state index in [4.69, 9.17) is 14.6 Å². The third kappa shape index (κ3) is 4.50. The molecule has 1 heterocycles. The first-order valence-corrected chi connectivity index (χ1v) is 6.69. The third-order valence-electron chi connectivity index (χ3n) is 3.42. The van der Waals surface area contributed by atoms with Gasteiger partial charge in [-0.15, -0.1) is 0 Å². The summed E-state index contributed by atoms with van der Waals surface area (Å²) in [6.07, 6.45) is -16.2. The van der Waals surface area contributed by atoms with Gasteiger partial charge in [-0.25, -0.2) is 0 Å². The maximum absolute atomic E-state index is 10.8. The van der Waals surface area contributed by atoms with Gasteiger partial charge in [0, 0.05) is 0 Å². The van der Waals surface area contributed by atoms with Crippen molar-refractivity contribution in [2.45, 2.75) is 55.1 Å². The van der Waals surface area contributed by atoms with E-state index in [1.165, 1.54) is 0 Å². The van der Waals surface area contributed by atoms with Crippen molar-refractivity contribution in [3.05, 3.63) is 0 Å². The van der Waals surface area contributed by atoms with Gasteiger partial charge in [0.15, 0.2) is 18.9 Å². The highest BCUT2D eigenvalue weighted by molar-refractivity contribution is 5.57. The summed E-state index contributed by atoms with van der Waals surface area (Å²) in [5.41, 5.74) is 0. The minimum absolute atomic E-state index is 0.0455. The average Bonchev–Trinajstić information content (AvgIpc) is 2.57. The largest absolute Gasteiger partial charge is 0.394 e. The molecule has 0 aliphatic carbocycles. The Labute approximate surface area is 130 Å². The standard InChI is InChI=1S/C12H20O11/c13-1-4(16)7(18)11(5(17)2-14)23-12-10(21)9(20)8(19)6(3-15)22-12/h1,3-12,14,16-21H,2H2/t4?,5-,6?,7?,8-,9?,10?,11+,12-/m0/s1. The Hall–Kier alpha value is -1.02. The van der Waals surface area contributed by atoms with E-state index >= 15 is 0 Å². The van der Waals surface area contributed by atoms with Crippen LogP contribution in [0.5, 0.6) is 0 Å². The molecule has 0 radical (unpaired) electrons. The van der Waals surface area contributed by atoms with E-state index in [2.05, 4.69) is 0 Å². The molecule has 1 aliphatic rings. The maximum atomic E-state index is 10.8. The van der Waals surface area contributed by atoms with Crippen LogP contribution in [-0.2, 0) is 19.1 Å². The third-order valence-corrected chi connectivity index (χ3v) is 3.42. The van der Waals surface area contributed by atoms with Gasteiger partial charge in [0.1, 0.15) is 48.8 Å². The van der Waals surface area contributed by atoms with Crippen molar-refractivity contribution in [2.75, 3.05) is 6.61 Å². The van der Waals surface area contributed by atoms with Crippen LogP contribution < -0.4 is 0 Å². The van der Waals surface area contributed by atoms with Crippen LogP contribution in [-0.4, -0.2) is 110 Å². The Morgan fingerprint density at radius 3 is 2.13 bits per heavy atom. The monoisotopic (exact) mass is 340 g/mol. The van der Waals surface area contributed by atoms with Crippen LogP contribution in [0, 0.1) is 0 Å². The molecule has 0 bridgehead atoms. The van der Waals surface area contributed by atoms with E-state index < -0.39 is 61.7 Å². The summed E-state index contributed by atoms with van der Waals surface area (Å²) < 4.78 is 9.91. The molecule has 134 valence electrons. The van der Waals surface area contributed by atoms with Gasteiger partial charge in [0.05, 0.1) is 6.61 Å². The fourth-order valence-electron chi connectivity index (χ4n) is 2.03. The van der Waals surface area contributed by atoms with Crippen molar-refractivity contribution in [1.82, 2.24) is 0 Å². The van der Waals surface area contributed by atoms with E-state index in [-0.39, 0.29) is 12.6 Å². The number of hydrogen-bond acceptors (Lipinski definition) is 11. The number of aldehydes is 2. The van der Waals surface area contributed by atoms with Crippen LogP contribution in [0.2, 0.25) is 0 Å². The number of ether oxygens (including phenoxy) is 2. The molecule has 23 heavy (non-hydrogen) atoms. The van der Waals surface area contributed by atoms with Crippen LogP contribution in [0.25, 0.3) is 0 Å². The summed E-state index contributed by atoms with van der Waals surface area (Å²) in [7, 11) is 0. The summed E-state index contributed by atoms with van der Waals surface area (Å²) in [5.74, 6) is 0. The van der Waals surface area contributed by atoms with Gasteiger partial charge in [-0.05, 0) is 0 Å². The van der Waals surface area contributed by atoms with Crippen LogP contribution in [0.4, 0.5) is 0 Å². The number of carbonyl (C=O) groups is 2. The van der Waals surface area contributed by atoms with Crippen molar-refractivity contribution < 1.29 is 54.8 Å². The molecule has 0 amide bonds. The van der Waals surface area contributed by atoms with Gasteiger partial charge < -0.3 is 54.8 Å². The predicted molar refractivity (Wildman–Crippen MR) is 68.8 cm³/mol. The summed E-state index contributed by atoms with van der Waals surface area (Å²) >= 11 is 0. The van der Waals surface area contributed by atoms with E-state index in [1.54, 1.807) is 0 Å². The molecule has 1 saturated heterocycles. The smallest absolute Gasteiger partial charge is 0.187 e. The van der Waals surface area contributed by atoms with Gasteiger partial charge in [-0.1, -0.05) is 0 Å². The van der Waals surface area contributed by atoms with E-state index in [0.717, 1.165) is 0 Å². The zero-order valence-electron chi connectivity index (χ0n) is 11.8. The molecule has 1 rings (SSSR count). The molecule has 11 heteroatoms. The minimum atomic E-state index is -2.00. The lowest BCUT2D eigenvalue weighted by Gasteiger charge is -2.41.